The van der Waals surface area contributed by atoms with E-state index in [2.05, 4.69) is 10.1 Å². The van der Waals surface area contributed by atoms with Crippen LogP contribution in [0.1, 0.15) is 54.0 Å². The zero-order valence-corrected chi connectivity index (χ0v) is 18.1. The maximum absolute atomic E-state index is 13.1. The monoisotopic (exact) mass is 437 g/mol. The second kappa shape index (κ2) is 8.74. The van der Waals surface area contributed by atoms with Crippen LogP contribution >= 0.6 is 0 Å². The standard InChI is InChI=1S/C23H27N5O4/c1-31-13-12-27-23(30)28(18-9-10-18)20(25-27)17-8-5-11-26(15-17)22(29)19-14-24-21(32-19)16-6-3-2-4-7-16/h2-4,6-7,14,17-18H,5,8-13,15H2,1H3. The molecule has 2 fully saturated rings. The summed E-state index contributed by atoms with van der Waals surface area (Å²) in [5, 5.41) is 4.66. The Morgan fingerprint density at radius 1 is 1.22 bits per heavy atom. The Kier molecular flexibility index (Phi) is 5.65. The molecule has 1 aliphatic heterocycles. The molecule has 0 spiro atoms. The molecule has 3 heterocycles. The first-order valence-electron chi connectivity index (χ1n) is 11.1. The Balaban J connectivity index is 1.35. The van der Waals surface area contributed by atoms with Crippen molar-refractivity contribution in [2.45, 2.75) is 44.2 Å². The molecule has 1 unspecified atom stereocenters. The van der Waals surface area contributed by atoms with E-state index in [1.807, 2.05) is 34.9 Å². The van der Waals surface area contributed by atoms with E-state index in [0.29, 0.717) is 32.1 Å². The molecule has 168 valence electrons. The number of oxazole rings is 1. The molecule has 9 heteroatoms. The minimum absolute atomic E-state index is 0.0151. The number of ether oxygens (including phenoxy) is 1. The maximum atomic E-state index is 13.1. The molecule has 0 N–H and O–H groups in total. The first-order valence-corrected chi connectivity index (χ1v) is 11.1. The first kappa shape index (κ1) is 20.7. The van der Waals surface area contributed by atoms with Crippen molar-refractivity contribution < 1.29 is 13.9 Å². The van der Waals surface area contributed by atoms with E-state index >= 15 is 0 Å². The van der Waals surface area contributed by atoms with Gasteiger partial charge < -0.3 is 14.1 Å². The molecular weight excluding hydrogens is 410 g/mol. The van der Waals surface area contributed by atoms with Crippen molar-refractivity contribution in [3.63, 3.8) is 0 Å². The van der Waals surface area contributed by atoms with Gasteiger partial charge in [-0.2, -0.15) is 5.10 Å². The Labute approximate surface area is 185 Å². The zero-order chi connectivity index (χ0) is 22.1. The average Bonchev–Trinajstić information content (AvgIpc) is 3.44. The van der Waals surface area contributed by atoms with Crippen LogP contribution in [0.15, 0.2) is 45.7 Å². The van der Waals surface area contributed by atoms with Crippen molar-refractivity contribution in [2.24, 2.45) is 0 Å². The Morgan fingerprint density at radius 3 is 2.78 bits per heavy atom. The fourth-order valence-electron chi connectivity index (χ4n) is 4.33. The number of amides is 1. The third-order valence-corrected chi connectivity index (χ3v) is 6.13. The van der Waals surface area contributed by atoms with Crippen molar-refractivity contribution in [1.82, 2.24) is 24.2 Å². The van der Waals surface area contributed by atoms with Crippen LogP contribution in [0.5, 0.6) is 0 Å². The van der Waals surface area contributed by atoms with E-state index in [1.165, 1.54) is 10.9 Å². The SMILES string of the molecule is COCCn1nc(C2CCCN(C(=O)c3cnc(-c4ccccc4)o3)C2)n(C2CC2)c1=O. The fraction of sp³-hybridized carbons (Fsp3) is 0.478. The Hall–Kier alpha value is -3.20. The third-order valence-electron chi connectivity index (χ3n) is 6.13. The number of benzene rings is 1. The van der Waals surface area contributed by atoms with Crippen LogP contribution in [-0.4, -0.2) is 56.9 Å². The lowest BCUT2D eigenvalue weighted by atomic mass is 9.97. The average molecular weight is 438 g/mol. The van der Waals surface area contributed by atoms with Crippen LogP contribution in [-0.2, 0) is 11.3 Å². The summed E-state index contributed by atoms with van der Waals surface area (Å²) in [7, 11) is 1.61. The van der Waals surface area contributed by atoms with Gasteiger partial charge in [0.05, 0.1) is 19.3 Å². The normalized spacial score (nSPS) is 18.8. The minimum Gasteiger partial charge on any atom is -0.431 e. The molecule has 1 aliphatic carbocycles. The molecular formula is C23H27N5O4. The summed E-state index contributed by atoms with van der Waals surface area (Å²) < 4.78 is 14.2. The van der Waals surface area contributed by atoms with E-state index in [-0.39, 0.29) is 29.3 Å². The highest BCUT2D eigenvalue weighted by atomic mass is 16.5. The summed E-state index contributed by atoms with van der Waals surface area (Å²) >= 11 is 0. The molecule has 0 radical (unpaired) electrons. The van der Waals surface area contributed by atoms with Crippen molar-refractivity contribution in [1.29, 1.82) is 0 Å². The lowest BCUT2D eigenvalue weighted by Gasteiger charge is -2.31. The quantitative estimate of drug-likeness (QED) is 0.564. The number of nitrogens with zero attached hydrogens (tertiary/aromatic N) is 5. The van der Waals surface area contributed by atoms with Gasteiger partial charge in [-0.1, -0.05) is 18.2 Å². The van der Waals surface area contributed by atoms with Gasteiger partial charge in [-0.05, 0) is 37.8 Å². The summed E-state index contributed by atoms with van der Waals surface area (Å²) in [4.78, 5) is 32.1. The molecule has 1 aromatic carbocycles. The van der Waals surface area contributed by atoms with E-state index < -0.39 is 0 Å². The van der Waals surface area contributed by atoms with Gasteiger partial charge in [0.2, 0.25) is 11.7 Å². The van der Waals surface area contributed by atoms with Crippen molar-refractivity contribution in [3.05, 3.63) is 58.6 Å². The van der Waals surface area contributed by atoms with Crippen LogP contribution in [0.4, 0.5) is 0 Å². The predicted molar refractivity (Wildman–Crippen MR) is 116 cm³/mol. The molecule has 2 aromatic heterocycles. The highest BCUT2D eigenvalue weighted by Crippen LogP contribution is 2.37. The number of hydrogen-bond donors (Lipinski definition) is 0. The number of hydrogen-bond acceptors (Lipinski definition) is 6. The number of carbonyl (C=O) groups is 1. The third kappa shape index (κ3) is 4.00. The molecule has 32 heavy (non-hydrogen) atoms. The molecule has 5 rings (SSSR count). The van der Waals surface area contributed by atoms with E-state index in [1.54, 1.807) is 12.0 Å². The lowest BCUT2D eigenvalue weighted by molar-refractivity contribution is 0.0671. The summed E-state index contributed by atoms with van der Waals surface area (Å²) in [6, 6.07) is 9.75. The highest BCUT2D eigenvalue weighted by Gasteiger charge is 2.35. The minimum atomic E-state index is -0.177. The molecule has 1 saturated carbocycles. The van der Waals surface area contributed by atoms with Crippen LogP contribution in [0, 0.1) is 0 Å². The number of carbonyl (C=O) groups excluding carboxylic acids is 1. The number of aromatic nitrogens is 4. The lowest BCUT2D eigenvalue weighted by Crippen LogP contribution is -2.40. The van der Waals surface area contributed by atoms with Crippen molar-refractivity contribution in [2.75, 3.05) is 26.8 Å². The van der Waals surface area contributed by atoms with Gasteiger partial charge in [-0.3, -0.25) is 9.36 Å². The van der Waals surface area contributed by atoms with Gasteiger partial charge in [0.25, 0.3) is 5.91 Å². The van der Waals surface area contributed by atoms with Crippen LogP contribution in [0.3, 0.4) is 0 Å². The number of likely N-dealkylation sites (tertiary alicyclic amines) is 1. The van der Waals surface area contributed by atoms with Crippen LogP contribution < -0.4 is 5.69 Å². The fourth-order valence-corrected chi connectivity index (χ4v) is 4.33. The summed E-state index contributed by atoms with van der Waals surface area (Å²) in [5.41, 5.74) is 0.754. The maximum Gasteiger partial charge on any atom is 0.346 e. The van der Waals surface area contributed by atoms with Gasteiger partial charge in [-0.15, -0.1) is 0 Å². The smallest absolute Gasteiger partial charge is 0.346 e. The van der Waals surface area contributed by atoms with Gasteiger partial charge in [0.15, 0.2) is 0 Å². The molecule has 0 bridgehead atoms. The van der Waals surface area contributed by atoms with Gasteiger partial charge in [0.1, 0.15) is 5.82 Å². The second-order valence-electron chi connectivity index (χ2n) is 8.44. The summed E-state index contributed by atoms with van der Waals surface area (Å²) in [6.45, 7) is 2.02. The van der Waals surface area contributed by atoms with E-state index in [4.69, 9.17) is 9.15 Å². The molecule has 1 atom stereocenters. The molecule has 2 aliphatic rings. The predicted octanol–water partition coefficient (Wildman–Crippen LogP) is 2.70. The van der Waals surface area contributed by atoms with Gasteiger partial charge in [-0.25, -0.2) is 14.5 Å². The summed E-state index contributed by atoms with van der Waals surface area (Å²) in [5.74, 6) is 1.29. The molecule has 1 saturated heterocycles. The first-order chi connectivity index (χ1) is 15.7. The largest absolute Gasteiger partial charge is 0.431 e. The second-order valence-corrected chi connectivity index (χ2v) is 8.44. The topological polar surface area (TPSA) is 95.4 Å². The van der Waals surface area contributed by atoms with Crippen molar-refractivity contribution >= 4 is 5.91 Å². The van der Waals surface area contributed by atoms with Crippen LogP contribution in [0.25, 0.3) is 11.5 Å². The molecule has 1 amide bonds. The molecule has 9 nitrogen and oxygen atoms in total. The highest BCUT2D eigenvalue weighted by molar-refractivity contribution is 5.91. The Bertz CT molecular complexity index is 1140. The van der Waals surface area contributed by atoms with E-state index in [9.17, 15) is 9.59 Å². The summed E-state index contributed by atoms with van der Waals surface area (Å²) in [6.07, 6.45) is 5.23. The number of methoxy groups -OCH3 is 1. The van der Waals surface area contributed by atoms with Gasteiger partial charge >= 0.3 is 5.69 Å². The Morgan fingerprint density at radius 2 is 2.03 bits per heavy atom. The van der Waals surface area contributed by atoms with Crippen molar-refractivity contribution in [3.8, 4) is 11.5 Å². The van der Waals surface area contributed by atoms with Gasteiger partial charge in [0, 0.05) is 37.7 Å². The van der Waals surface area contributed by atoms with Crippen LogP contribution in [0.2, 0.25) is 0 Å². The molecule has 3 aromatic rings. The number of piperidine rings is 1. The number of rotatable bonds is 7. The van der Waals surface area contributed by atoms with E-state index in [0.717, 1.165) is 37.1 Å². The zero-order valence-electron chi connectivity index (χ0n) is 18.1.